The molecule has 2 rings (SSSR count). The van der Waals surface area contributed by atoms with E-state index >= 15 is 0 Å². The van der Waals surface area contributed by atoms with Gasteiger partial charge in [-0.3, -0.25) is 0 Å². The first kappa shape index (κ1) is 17.2. The van der Waals surface area contributed by atoms with Crippen molar-refractivity contribution in [2.24, 2.45) is 0 Å². The minimum absolute atomic E-state index is 0.613. The van der Waals surface area contributed by atoms with Crippen LogP contribution in [0.4, 0.5) is 17.6 Å². The first-order chi connectivity index (χ1) is 11.0. The van der Waals surface area contributed by atoms with E-state index in [1.807, 2.05) is 6.92 Å². The summed E-state index contributed by atoms with van der Waals surface area (Å²) in [7, 11) is 0. The van der Waals surface area contributed by atoms with E-state index in [2.05, 4.69) is 71.1 Å². The van der Waals surface area contributed by atoms with Crippen LogP contribution in [0.5, 0.6) is 0 Å². The van der Waals surface area contributed by atoms with Gasteiger partial charge in [0.2, 0.25) is 11.9 Å². The zero-order valence-electron chi connectivity index (χ0n) is 14.8. The van der Waals surface area contributed by atoms with E-state index in [9.17, 15) is 0 Å². The fourth-order valence-electron chi connectivity index (χ4n) is 2.64. The van der Waals surface area contributed by atoms with E-state index in [1.54, 1.807) is 0 Å². The molecule has 0 amide bonds. The Morgan fingerprint density at radius 1 is 0.913 bits per heavy atom. The average molecular weight is 313 g/mol. The van der Waals surface area contributed by atoms with Crippen LogP contribution in [0, 0.1) is 20.8 Å². The van der Waals surface area contributed by atoms with Gasteiger partial charge >= 0.3 is 0 Å². The molecule has 1 aromatic carbocycles. The fourth-order valence-corrected chi connectivity index (χ4v) is 2.64. The molecule has 0 atom stereocenters. The predicted octanol–water partition coefficient (Wildman–Crippen LogP) is 4.17. The summed E-state index contributed by atoms with van der Waals surface area (Å²) in [4.78, 5) is 15.8. The first-order valence-electron chi connectivity index (χ1n) is 8.36. The van der Waals surface area contributed by atoms with Crippen molar-refractivity contribution in [3.8, 4) is 0 Å². The molecule has 1 aromatic heterocycles. The molecule has 0 saturated heterocycles. The minimum Gasteiger partial charge on any atom is -0.341 e. The maximum absolute atomic E-state index is 4.64. The lowest BCUT2D eigenvalue weighted by atomic mass is 10.1. The van der Waals surface area contributed by atoms with Gasteiger partial charge in [-0.25, -0.2) is 0 Å². The molecule has 23 heavy (non-hydrogen) atoms. The molecule has 5 heteroatoms. The van der Waals surface area contributed by atoms with Gasteiger partial charge in [-0.15, -0.1) is 0 Å². The van der Waals surface area contributed by atoms with Crippen LogP contribution in [0.2, 0.25) is 0 Å². The third kappa shape index (κ3) is 4.41. The second-order valence-corrected chi connectivity index (χ2v) is 5.89. The zero-order chi connectivity index (χ0) is 16.8. The molecule has 0 radical (unpaired) electrons. The Bertz CT molecular complexity index is 628. The maximum Gasteiger partial charge on any atom is 0.232 e. The van der Waals surface area contributed by atoms with Crippen LogP contribution in [-0.2, 0) is 0 Å². The lowest BCUT2D eigenvalue weighted by Crippen LogP contribution is -2.27. The van der Waals surface area contributed by atoms with Gasteiger partial charge in [0.1, 0.15) is 5.82 Å². The molecule has 5 nitrogen and oxygen atoms in total. The number of nitrogens with one attached hydrogen (secondary N) is 1. The van der Waals surface area contributed by atoms with Crippen molar-refractivity contribution in [1.82, 2.24) is 15.0 Å². The standard InChI is InChI=1S/C18H27N5/c1-6-11-23(12-7-2)18-20-15(5)19-17(22-18)21-16-13(3)9-8-10-14(16)4/h8-10H,6-7,11-12H2,1-5H3,(H,19,20,21,22). The highest BCUT2D eigenvalue weighted by Crippen LogP contribution is 2.23. The number of aromatic nitrogens is 3. The van der Waals surface area contributed by atoms with Crippen LogP contribution in [0.1, 0.15) is 43.6 Å². The summed E-state index contributed by atoms with van der Waals surface area (Å²) in [6, 6.07) is 6.24. The first-order valence-corrected chi connectivity index (χ1v) is 8.36. The molecule has 0 fully saturated rings. The van der Waals surface area contributed by atoms with Gasteiger partial charge < -0.3 is 10.2 Å². The highest BCUT2D eigenvalue weighted by Gasteiger charge is 2.12. The van der Waals surface area contributed by atoms with E-state index in [0.717, 1.165) is 43.4 Å². The number of rotatable bonds is 7. The van der Waals surface area contributed by atoms with E-state index in [0.29, 0.717) is 5.95 Å². The Morgan fingerprint density at radius 3 is 2.09 bits per heavy atom. The number of anilines is 3. The molecule has 124 valence electrons. The Balaban J connectivity index is 2.33. The largest absolute Gasteiger partial charge is 0.341 e. The summed E-state index contributed by atoms with van der Waals surface area (Å²) in [5.74, 6) is 2.11. The van der Waals surface area contributed by atoms with Gasteiger partial charge in [-0.1, -0.05) is 32.0 Å². The van der Waals surface area contributed by atoms with E-state index < -0.39 is 0 Å². The quantitative estimate of drug-likeness (QED) is 0.831. The van der Waals surface area contributed by atoms with Crippen molar-refractivity contribution in [2.75, 3.05) is 23.3 Å². The summed E-state index contributed by atoms with van der Waals surface area (Å²) in [6.45, 7) is 12.4. The molecular formula is C18H27N5. The normalized spacial score (nSPS) is 10.7. The number of hydrogen-bond acceptors (Lipinski definition) is 5. The monoisotopic (exact) mass is 313 g/mol. The smallest absolute Gasteiger partial charge is 0.232 e. The molecule has 1 N–H and O–H groups in total. The van der Waals surface area contributed by atoms with Crippen LogP contribution < -0.4 is 10.2 Å². The lowest BCUT2D eigenvalue weighted by molar-refractivity contribution is 0.715. The van der Waals surface area contributed by atoms with Crippen molar-refractivity contribution in [1.29, 1.82) is 0 Å². The molecule has 0 spiro atoms. The Kier molecular flexibility index (Phi) is 5.90. The minimum atomic E-state index is 0.613. The van der Waals surface area contributed by atoms with Crippen LogP contribution in [0.3, 0.4) is 0 Å². The van der Waals surface area contributed by atoms with Crippen LogP contribution in [-0.4, -0.2) is 28.0 Å². The van der Waals surface area contributed by atoms with E-state index in [1.165, 1.54) is 11.1 Å². The fraction of sp³-hybridized carbons (Fsp3) is 0.500. The molecular weight excluding hydrogens is 286 g/mol. The second-order valence-electron chi connectivity index (χ2n) is 5.89. The third-order valence-corrected chi connectivity index (χ3v) is 3.72. The topological polar surface area (TPSA) is 53.9 Å². The number of benzene rings is 1. The SMILES string of the molecule is CCCN(CCC)c1nc(C)nc(Nc2c(C)cccc2C)n1. The molecule has 0 aliphatic rings. The zero-order valence-corrected chi connectivity index (χ0v) is 14.8. The summed E-state index contributed by atoms with van der Waals surface area (Å²) in [5.41, 5.74) is 3.44. The van der Waals surface area contributed by atoms with Crippen molar-refractivity contribution < 1.29 is 0 Å². The number of nitrogens with zero attached hydrogens (tertiary/aromatic N) is 4. The van der Waals surface area contributed by atoms with Gasteiger partial charge in [0.25, 0.3) is 0 Å². The van der Waals surface area contributed by atoms with Crippen LogP contribution in [0.25, 0.3) is 0 Å². The van der Waals surface area contributed by atoms with Gasteiger partial charge in [-0.2, -0.15) is 15.0 Å². The maximum atomic E-state index is 4.64. The van der Waals surface area contributed by atoms with Gasteiger partial charge in [0.15, 0.2) is 0 Å². The highest BCUT2D eigenvalue weighted by molar-refractivity contribution is 5.63. The predicted molar refractivity (Wildman–Crippen MR) is 96.6 cm³/mol. The third-order valence-electron chi connectivity index (χ3n) is 3.72. The van der Waals surface area contributed by atoms with Gasteiger partial charge in [0, 0.05) is 18.8 Å². The van der Waals surface area contributed by atoms with E-state index in [-0.39, 0.29) is 0 Å². The summed E-state index contributed by atoms with van der Waals surface area (Å²) < 4.78 is 0. The highest BCUT2D eigenvalue weighted by atomic mass is 15.3. The number of hydrogen-bond donors (Lipinski definition) is 1. The molecule has 0 saturated carbocycles. The van der Waals surface area contributed by atoms with Crippen LogP contribution >= 0.6 is 0 Å². The molecule has 0 aliphatic carbocycles. The average Bonchev–Trinajstić information content (AvgIpc) is 2.50. The van der Waals surface area contributed by atoms with Gasteiger partial charge in [-0.05, 0) is 44.7 Å². The van der Waals surface area contributed by atoms with Crippen molar-refractivity contribution >= 4 is 17.6 Å². The Labute approximate surface area is 139 Å². The van der Waals surface area contributed by atoms with E-state index in [4.69, 9.17) is 0 Å². The van der Waals surface area contributed by atoms with Crippen molar-refractivity contribution in [3.05, 3.63) is 35.2 Å². The van der Waals surface area contributed by atoms with Crippen molar-refractivity contribution in [3.63, 3.8) is 0 Å². The van der Waals surface area contributed by atoms with Gasteiger partial charge in [0.05, 0.1) is 0 Å². The molecule has 0 unspecified atom stereocenters. The Hall–Kier alpha value is -2.17. The summed E-state index contributed by atoms with van der Waals surface area (Å²) in [5, 5.41) is 3.37. The summed E-state index contributed by atoms with van der Waals surface area (Å²) in [6.07, 6.45) is 2.15. The molecule has 2 aromatic rings. The Morgan fingerprint density at radius 2 is 1.52 bits per heavy atom. The number of para-hydroxylation sites is 1. The van der Waals surface area contributed by atoms with Crippen LogP contribution in [0.15, 0.2) is 18.2 Å². The lowest BCUT2D eigenvalue weighted by Gasteiger charge is -2.22. The second kappa shape index (κ2) is 7.90. The summed E-state index contributed by atoms with van der Waals surface area (Å²) >= 11 is 0. The van der Waals surface area contributed by atoms with Crippen molar-refractivity contribution in [2.45, 2.75) is 47.5 Å². The molecule has 0 aliphatic heterocycles. The number of aryl methyl sites for hydroxylation is 3. The molecule has 0 bridgehead atoms. The molecule has 1 heterocycles.